The predicted octanol–water partition coefficient (Wildman–Crippen LogP) is 4.18. The molecule has 1 aliphatic rings. The number of halogens is 2. The maximum Gasteiger partial charge on any atom is 0.127 e. The molecule has 18 heavy (non-hydrogen) atoms. The third kappa shape index (κ3) is 2.86. The molecule has 0 saturated heterocycles. The molecule has 100 valence electrons. The van der Waals surface area contributed by atoms with Crippen molar-refractivity contribution in [1.82, 2.24) is 0 Å². The van der Waals surface area contributed by atoms with Gasteiger partial charge in [0.2, 0.25) is 0 Å². The third-order valence-electron chi connectivity index (χ3n) is 4.38. The lowest BCUT2D eigenvalue weighted by Crippen LogP contribution is -2.36. The van der Waals surface area contributed by atoms with Crippen LogP contribution in [0.25, 0.3) is 0 Å². The molecule has 0 radical (unpaired) electrons. The zero-order chi connectivity index (χ0) is 13.2. The fraction of sp³-hybridized carbons (Fsp3) is 0.600. The quantitative estimate of drug-likeness (QED) is 0.875. The minimum absolute atomic E-state index is 0.0400. The summed E-state index contributed by atoms with van der Waals surface area (Å²) in [5.74, 6) is 0.565. The Morgan fingerprint density at radius 3 is 2.61 bits per heavy atom. The van der Waals surface area contributed by atoms with Gasteiger partial charge in [0.25, 0.3) is 0 Å². The summed E-state index contributed by atoms with van der Waals surface area (Å²) in [7, 11) is 0. The monoisotopic (exact) mass is 269 g/mol. The summed E-state index contributed by atoms with van der Waals surface area (Å²) in [5.41, 5.74) is 6.64. The molecule has 1 aliphatic carbocycles. The first kappa shape index (κ1) is 13.8. The van der Waals surface area contributed by atoms with Crippen molar-refractivity contribution >= 4 is 11.6 Å². The van der Waals surface area contributed by atoms with Crippen molar-refractivity contribution in [2.24, 2.45) is 17.1 Å². The smallest absolute Gasteiger partial charge is 0.127 e. The minimum atomic E-state index is -0.200. The average Bonchev–Trinajstić information content (AvgIpc) is 2.37. The summed E-state index contributed by atoms with van der Waals surface area (Å²) in [6.45, 7) is 2.89. The van der Waals surface area contributed by atoms with E-state index in [1.807, 2.05) is 0 Å². The molecule has 1 fully saturated rings. The Bertz CT molecular complexity index is 391. The molecule has 0 unspecified atom stereocenters. The first-order valence-corrected chi connectivity index (χ1v) is 7.07. The highest BCUT2D eigenvalue weighted by molar-refractivity contribution is 6.31. The van der Waals surface area contributed by atoms with Gasteiger partial charge in [0, 0.05) is 10.6 Å². The molecule has 1 nitrogen and oxygen atoms in total. The minimum Gasteiger partial charge on any atom is -0.330 e. The predicted molar refractivity (Wildman–Crippen MR) is 74.2 cm³/mol. The van der Waals surface area contributed by atoms with Crippen molar-refractivity contribution in [2.45, 2.75) is 39.0 Å². The number of hydrogen-bond donors (Lipinski definition) is 1. The molecule has 1 aromatic carbocycles. The topological polar surface area (TPSA) is 26.0 Å². The molecule has 0 bridgehead atoms. The van der Waals surface area contributed by atoms with Gasteiger partial charge in [-0.1, -0.05) is 37.4 Å². The number of rotatable bonds is 3. The fourth-order valence-corrected chi connectivity index (χ4v) is 3.13. The maximum absolute atomic E-state index is 13.9. The summed E-state index contributed by atoms with van der Waals surface area (Å²) < 4.78 is 13.9. The number of benzene rings is 1. The Balaban J connectivity index is 2.20. The molecule has 3 heteroatoms. The summed E-state index contributed by atoms with van der Waals surface area (Å²) in [6, 6.07) is 4.89. The average molecular weight is 270 g/mol. The molecule has 0 heterocycles. The third-order valence-corrected chi connectivity index (χ3v) is 4.74. The van der Waals surface area contributed by atoms with Crippen molar-refractivity contribution < 1.29 is 4.39 Å². The van der Waals surface area contributed by atoms with Gasteiger partial charge in [-0.2, -0.15) is 0 Å². The first-order chi connectivity index (χ1) is 8.56. The van der Waals surface area contributed by atoms with Gasteiger partial charge in [-0.05, 0) is 49.3 Å². The molecule has 0 spiro atoms. The Labute approximate surface area is 114 Å². The molecule has 2 rings (SSSR count). The van der Waals surface area contributed by atoms with Gasteiger partial charge in [-0.25, -0.2) is 4.39 Å². The Kier molecular flexibility index (Phi) is 4.29. The van der Waals surface area contributed by atoms with Crippen LogP contribution in [0.2, 0.25) is 5.02 Å². The molecule has 1 saturated carbocycles. The van der Waals surface area contributed by atoms with Gasteiger partial charge in [0.15, 0.2) is 0 Å². The van der Waals surface area contributed by atoms with Crippen LogP contribution in [0.15, 0.2) is 18.2 Å². The normalized spacial score (nSPS) is 28.3. The molecule has 1 aromatic rings. The van der Waals surface area contributed by atoms with Crippen molar-refractivity contribution in [3.8, 4) is 0 Å². The van der Waals surface area contributed by atoms with Gasteiger partial charge in [-0.15, -0.1) is 0 Å². The van der Waals surface area contributed by atoms with Crippen LogP contribution in [-0.4, -0.2) is 6.54 Å². The molecule has 0 amide bonds. The van der Waals surface area contributed by atoms with Gasteiger partial charge in [0.05, 0.1) is 0 Å². The Morgan fingerprint density at radius 1 is 1.39 bits per heavy atom. The van der Waals surface area contributed by atoms with E-state index in [0.29, 0.717) is 23.6 Å². The van der Waals surface area contributed by atoms with E-state index >= 15 is 0 Å². The lowest BCUT2D eigenvalue weighted by atomic mass is 9.68. The van der Waals surface area contributed by atoms with E-state index in [9.17, 15) is 4.39 Å². The van der Waals surface area contributed by atoms with Crippen LogP contribution in [0.4, 0.5) is 4.39 Å². The van der Waals surface area contributed by atoms with E-state index in [4.69, 9.17) is 17.3 Å². The maximum atomic E-state index is 13.9. The number of nitrogens with two attached hydrogens (primary N) is 1. The van der Waals surface area contributed by atoms with E-state index in [1.165, 1.54) is 18.9 Å². The van der Waals surface area contributed by atoms with Crippen molar-refractivity contribution in [1.29, 1.82) is 0 Å². The second-order valence-corrected chi connectivity index (χ2v) is 6.17. The molecule has 0 aliphatic heterocycles. The van der Waals surface area contributed by atoms with Gasteiger partial charge in [-0.3, -0.25) is 0 Å². The van der Waals surface area contributed by atoms with Crippen molar-refractivity contribution in [3.05, 3.63) is 34.6 Å². The highest BCUT2D eigenvalue weighted by atomic mass is 35.5. The lowest BCUT2D eigenvalue weighted by Gasteiger charge is -2.39. The molecule has 2 N–H and O–H groups in total. The van der Waals surface area contributed by atoms with Crippen LogP contribution in [0.5, 0.6) is 0 Å². The van der Waals surface area contributed by atoms with Crippen molar-refractivity contribution in [3.63, 3.8) is 0 Å². The molecular formula is C15H21ClFN. The lowest BCUT2D eigenvalue weighted by molar-refractivity contribution is 0.162. The van der Waals surface area contributed by atoms with Crippen LogP contribution in [-0.2, 0) is 6.42 Å². The standard InChI is InChI=1S/C15H21ClFN/c1-11-5-7-15(10-18,8-6-11)9-12-13(16)3-2-4-14(12)17/h2-4,11H,5-10,18H2,1H3. The Morgan fingerprint density at radius 2 is 2.06 bits per heavy atom. The number of hydrogen-bond acceptors (Lipinski definition) is 1. The zero-order valence-electron chi connectivity index (χ0n) is 10.9. The second kappa shape index (κ2) is 5.58. The van der Waals surface area contributed by atoms with E-state index < -0.39 is 0 Å². The van der Waals surface area contributed by atoms with E-state index in [2.05, 4.69) is 6.92 Å². The zero-order valence-corrected chi connectivity index (χ0v) is 11.6. The molecule has 0 atom stereocenters. The SMILES string of the molecule is CC1CCC(CN)(Cc2c(F)cccc2Cl)CC1. The first-order valence-electron chi connectivity index (χ1n) is 6.69. The summed E-state index contributed by atoms with van der Waals surface area (Å²) in [4.78, 5) is 0. The van der Waals surface area contributed by atoms with Gasteiger partial charge >= 0.3 is 0 Å². The largest absolute Gasteiger partial charge is 0.330 e. The second-order valence-electron chi connectivity index (χ2n) is 5.76. The van der Waals surface area contributed by atoms with Crippen LogP contribution >= 0.6 is 11.6 Å². The van der Waals surface area contributed by atoms with Crippen molar-refractivity contribution in [2.75, 3.05) is 6.54 Å². The van der Waals surface area contributed by atoms with E-state index in [0.717, 1.165) is 18.8 Å². The summed E-state index contributed by atoms with van der Waals surface area (Å²) in [6.07, 6.45) is 5.19. The molecular weight excluding hydrogens is 249 g/mol. The van der Waals surface area contributed by atoms with Crippen LogP contribution in [0, 0.1) is 17.2 Å². The van der Waals surface area contributed by atoms with Gasteiger partial charge in [0.1, 0.15) is 5.82 Å². The van der Waals surface area contributed by atoms with Crippen LogP contribution in [0.1, 0.15) is 38.2 Å². The van der Waals surface area contributed by atoms with Crippen LogP contribution < -0.4 is 5.73 Å². The van der Waals surface area contributed by atoms with E-state index in [-0.39, 0.29) is 11.2 Å². The van der Waals surface area contributed by atoms with E-state index in [1.54, 1.807) is 12.1 Å². The Hall–Kier alpha value is -0.600. The van der Waals surface area contributed by atoms with Crippen LogP contribution in [0.3, 0.4) is 0 Å². The molecule has 0 aromatic heterocycles. The summed E-state index contributed by atoms with van der Waals surface area (Å²) in [5, 5.41) is 0.529. The fourth-order valence-electron chi connectivity index (χ4n) is 2.90. The highest BCUT2D eigenvalue weighted by Gasteiger charge is 2.34. The highest BCUT2D eigenvalue weighted by Crippen LogP contribution is 2.42. The van der Waals surface area contributed by atoms with Gasteiger partial charge < -0.3 is 5.73 Å². The summed E-state index contributed by atoms with van der Waals surface area (Å²) >= 11 is 6.12.